The van der Waals surface area contributed by atoms with Crippen molar-refractivity contribution in [3.8, 4) is 0 Å². The second-order valence-corrected chi connectivity index (χ2v) is 6.25. The van der Waals surface area contributed by atoms with Gasteiger partial charge in [-0.15, -0.1) is 0 Å². The highest BCUT2D eigenvalue weighted by Crippen LogP contribution is 2.29. The summed E-state index contributed by atoms with van der Waals surface area (Å²) >= 11 is 6.10. The van der Waals surface area contributed by atoms with E-state index in [0.29, 0.717) is 6.04 Å². The van der Waals surface area contributed by atoms with Crippen LogP contribution in [0.4, 0.5) is 5.82 Å². The molecule has 0 bridgehead atoms. The first kappa shape index (κ1) is 14.6. The summed E-state index contributed by atoms with van der Waals surface area (Å²) in [5, 5.41) is 11.2. The van der Waals surface area contributed by atoms with Gasteiger partial charge in [-0.2, -0.15) is 0 Å². The van der Waals surface area contributed by atoms with E-state index in [1.54, 1.807) is 0 Å². The highest BCUT2D eigenvalue weighted by Gasteiger charge is 2.23. The van der Waals surface area contributed by atoms with Crippen LogP contribution in [-0.2, 0) is 0 Å². The van der Waals surface area contributed by atoms with Gasteiger partial charge in [-0.1, -0.05) is 17.7 Å². The Morgan fingerprint density at radius 1 is 1.33 bits per heavy atom. The van der Waals surface area contributed by atoms with Crippen molar-refractivity contribution in [3.05, 3.63) is 34.9 Å². The second kappa shape index (κ2) is 6.20. The molecule has 0 radical (unpaired) electrons. The van der Waals surface area contributed by atoms with E-state index in [1.807, 2.05) is 18.2 Å². The average molecular weight is 305 g/mol. The summed E-state index contributed by atoms with van der Waals surface area (Å²) in [4.78, 5) is 7.17. The molecular weight excluding hydrogens is 284 g/mol. The number of aryl methyl sites for hydroxylation is 1. The molecule has 3 rings (SSSR count). The summed E-state index contributed by atoms with van der Waals surface area (Å²) in [6.45, 7) is 3.37. The van der Waals surface area contributed by atoms with Gasteiger partial charge in [0.1, 0.15) is 5.82 Å². The van der Waals surface area contributed by atoms with Crippen LogP contribution in [0.2, 0.25) is 5.02 Å². The number of pyridine rings is 1. The van der Waals surface area contributed by atoms with E-state index in [-0.39, 0.29) is 6.61 Å². The molecule has 0 spiro atoms. The maximum atomic E-state index is 9.28. The smallest absolute Gasteiger partial charge is 0.129 e. The fourth-order valence-corrected chi connectivity index (χ4v) is 3.42. The zero-order chi connectivity index (χ0) is 14.8. The Labute approximate surface area is 130 Å². The Kier molecular flexibility index (Phi) is 4.32. The maximum Gasteiger partial charge on any atom is 0.129 e. The summed E-state index contributed by atoms with van der Waals surface area (Å²) in [5.41, 5.74) is 2.17. The van der Waals surface area contributed by atoms with E-state index in [2.05, 4.69) is 17.9 Å². The van der Waals surface area contributed by atoms with Gasteiger partial charge in [-0.25, -0.2) is 4.98 Å². The van der Waals surface area contributed by atoms with Crippen LogP contribution in [0.3, 0.4) is 0 Å². The predicted molar refractivity (Wildman–Crippen MR) is 88.2 cm³/mol. The number of benzene rings is 1. The van der Waals surface area contributed by atoms with Crippen molar-refractivity contribution >= 4 is 28.3 Å². The number of hydrogen-bond donors (Lipinski definition) is 1. The number of halogens is 1. The van der Waals surface area contributed by atoms with E-state index < -0.39 is 0 Å². The van der Waals surface area contributed by atoms with Crippen LogP contribution in [0.25, 0.3) is 10.9 Å². The van der Waals surface area contributed by atoms with Crippen molar-refractivity contribution in [2.45, 2.75) is 38.6 Å². The van der Waals surface area contributed by atoms with Gasteiger partial charge in [0, 0.05) is 29.6 Å². The first-order chi connectivity index (χ1) is 10.2. The summed E-state index contributed by atoms with van der Waals surface area (Å²) in [6, 6.07) is 8.43. The van der Waals surface area contributed by atoms with Gasteiger partial charge in [-0.3, -0.25) is 0 Å². The molecule has 1 fully saturated rings. The number of aliphatic hydroxyl groups excluding tert-OH is 1. The summed E-state index contributed by atoms with van der Waals surface area (Å²) in [6.07, 6.45) is 4.37. The van der Waals surface area contributed by atoms with E-state index in [4.69, 9.17) is 16.6 Å². The number of nitrogens with zero attached hydrogens (tertiary/aromatic N) is 2. The normalized spacial score (nSPS) is 19.2. The monoisotopic (exact) mass is 304 g/mol. The number of hydrogen-bond acceptors (Lipinski definition) is 3. The summed E-state index contributed by atoms with van der Waals surface area (Å²) < 4.78 is 0. The molecule has 1 aromatic carbocycles. The van der Waals surface area contributed by atoms with E-state index >= 15 is 0 Å². The van der Waals surface area contributed by atoms with Crippen LogP contribution in [0.15, 0.2) is 24.3 Å². The number of piperidine rings is 1. The minimum Gasteiger partial charge on any atom is -0.396 e. The van der Waals surface area contributed by atoms with Gasteiger partial charge in [-0.05, 0) is 56.4 Å². The molecule has 2 heterocycles. The minimum atomic E-state index is 0.236. The van der Waals surface area contributed by atoms with Gasteiger partial charge in [0.25, 0.3) is 0 Å². The highest BCUT2D eigenvalue weighted by molar-refractivity contribution is 6.31. The number of fused-ring (bicyclic) bond motifs is 1. The molecule has 2 aromatic rings. The molecular formula is C17H21ClN2O. The lowest BCUT2D eigenvalue weighted by atomic mass is 9.99. The fourth-order valence-electron chi connectivity index (χ4n) is 3.26. The molecule has 0 saturated carbocycles. The van der Waals surface area contributed by atoms with E-state index in [0.717, 1.165) is 41.1 Å². The Balaban J connectivity index is 2.02. The second-order valence-electron chi connectivity index (χ2n) is 5.81. The van der Waals surface area contributed by atoms with Crippen molar-refractivity contribution in [2.24, 2.45) is 0 Å². The Bertz CT molecular complexity index is 642. The molecule has 1 N–H and O–H groups in total. The van der Waals surface area contributed by atoms with Crippen LogP contribution in [-0.4, -0.2) is 29.3 Å². The standard InChI is InChI=1S/C17H21ClN2O/c1-12-10-17(19-16-11-13(18)5-6-15(12)16)20-8-3-2-4-14(20)7-9-21/h5-6,10-11,14,21H,2-4,7-9H2,1H3/t14-/m1/s1. The van der Waals surface area contributed by atoms with Gasteiger partial charge >= 0.3 is 0 Å². The van der Waals surface area contributed by atoms with Crippen molar-refractivity contribution in [2.75, 3.05) is 18.1 Å². The molecule has 0 unspecified atom stereocenters. The lowest BCUT2D eigenvalue weighted by molar-refractivity contribution is 0.262. The molecule has 112 valence electrons. The fraction of sp³-hybridized carbons (Fsp3) is 0.471. The van der Waals surface area contributed by atoms with Crippen LogP contribution >= 0.6 is 11.6 Å². The lowest BCUT2D eigenvalue weighted by Gasteiger charge is -2.36. The van der Waals surface area contributed by atoms with Gasteiger partial charge < -0.3 is 10.0 Å². The third-order valence-electron chi connectivity index (χ3n) is 4.35. The average Bonchev–Trinajstić information content (AvgIpc) is 2.47. The molecule has 1 aliphatic heterocycles. The molecule has 4 heteroatoms. The maximum absolute atomic E-state index is 9.28. The zero-order valence-electron chi connectivity index (χ0n) is 12.3. The quantitative estimate of drug-likeness (QED) is 0.933. The lowest BCUT2D eigenvalue weighted by Crippen LogP contribution is -2.40. The van der Waals surface area contributed by atoms with Crippen molar-refractivity contribution in [3.63, 3.8) is 0 Å². The Morgan fingerprint density at radius 3 is 3.00 bits per heavy atom. The van der Waals surface area contributed by atoms with Gasteiger partial charge in [0.05, 0.1) is 5.52 Å². The minimum absolute atomic E-state index is 0.236. The number of anilines is 1. The van der Waals surface area contributed by atoms with Crippen LogP contribution in [0.1, 0.15) is 31.2 Å². The van der Waals surface area contributed by atoms with Gasteiger partial charge in [0.15, 0.2) is 0 Å². The van der Waals surface area contributed by atoms with Crippen molar-refractivity contribution in [1.82, 2.24) is 4.98 Å². The Hall–Kier alpha value is -1.32. The highest BCUT2D eigenvalue weighted by atomic mass is 35.5. The van der Waals surface area contributed by atoms with Crippen LogP contribution < -0.4 is 4.90 Å². The topological polar surface area (TPSA) is 36.4 Å². The molecule has 21 heavy (non-hydrogen) atoms. The third kappa shape index (κ3) is 2.99. The Morgan fingerprint density at radius 2 is 2.19 bits per heavy atom. The first-order valence-electron chi connectivity index (χ1n) is 7.63. The van der Waals surface area contributed by atoms with Crippen LogP contribution in [0.5, 0.6) is 0 Å². The zero-order valence-corrected chi connectivity index (χ0v) is 13.1. The first-order valence-corrected chi connectivity index (χ1v) is 8.01. The summed E-state index contributed by atoms with van der Waals surface area (Å²) in [7, 11) is 0. The van der Waals surface area contributed by atoms with Gasteiger partial charge in [0.2, 0.25) is 0 Å². The summed E-state index contributed by atoms with van der Waals surface area (Å²) in [5.74, 6) is 1.01. The molecule has 1 atom stereocenters. The number of aromatic nitrogens is 1. The van der Waals surface area contributed by atoms with E-state index in [9.17, 15) is 5.11 Å². The van der Waals surface area contributed by atoms with Crippen molar-refractivity contribution in [1.29, 1.82) is 0 Å². The largest absolute Gasteiger partial charge is 0.396 e. The molecule has 1 aromatic heterocycles. The van der Waals surface area contributed by atoms with Crippen molar-refractivity contribution < 1.29 is 5.11 Å². The van der Waals surface area contributed by atoms with E-state index in [1.165, 1.54) is 18.4 Å². The molecule has 0 amide bonds. The van der Waals surface area contributed by atoms with Crippen LogP contribution in [0, 0.1) is 6.92 Å². The SMILES string of the molecule is Cc1cc(N2CCCC[C@@H]2CCO)nc2cc(Cl)ccc12. The number of rotatable bonds is 3. The predicted octanol–water partition coefficient (Wildman–Crippen LogP) is 3.94. The molecule has 1 saturated heterocycles. The molecule has 1 aliphatic rings. The third-order valence-corrected chi connectivity index (χ3v) is 4.58. The molecule has 0 aliphatic carbocycles. The number of aliphatic hydroxyl groups is 1. The molecule has 3 nitrogen and oxygen atoms in total.